The molecule has 1 aromatic heterocycles. The number of nitrogens with one attached hydrogen (secondary N) is 1. The summed E-state index contributed by atoms with van der Waals surface area (Å²) in [7, 11) is 4.18. The predicted octanol–water partition coefficient (Wildman–Crippen LogP) is 2.79. The van der Waals surface area contributed by atoms with Gasteiger partial charge in [-0.1, -0.05) is 0 Å². The Hall–Kier alpha value is -3.95. The highest BCUT2D eigenvalue weighted by atomic mass is 19.2. The monoisotopic (exact) mass is 417 g/mol. The minimum atomic E-state index is -1.12. The normalized spacial score (nSPS) is 10.4. The number of hydrogen-bond donors (Lipinski definition) is 1. The van der Waals surface area contributed by atoms with Gasteiger partial charge < -0.3 is 19.5 Å². The summed E-state index contributed by atoms with van der Waals surface area (Å²) in [5.74, 6) is -2.22. The Labute approximate surface area is 169 Å². The highest BCUT2D eigenvalue weighted by molar-refractivity contribution is 6.02. The Morgan fingerprint density at radius 3 is 2.30 bits per heavy atom. The van der Waals surface area contributed by atoms with Gasteiger partial charge in [0.15, 0.2) is 28.8 Å². The molecule has 0 spiro atoms. The van der Waals surface area contributed by atoms with Crippen LogP contribution in [0, 0.1) is 11.6 Å². The number of amides is 1. The molecule has 0 radical (unpaired) electrons. The standard InChI is InChI=1S/C20H17F2N3O5/c1-28-16-7-4-11(8-17(16)29-2)23-20(27)19-15(26)10-18(30-3)25(24-19)12-5-6-13(21)14(22)9-12/h4-10H,1-3H3,(H,23,27). The van der Waals surface area contributed by atoms with E-state index >= 15 is 0 Å². The molecule has 10 heteroatoms. The smallest absolute Gasteiger partial charge is 0.280 e. The zero-order chi connectivity index (χ0) is 21.8. The highest BCUT2D eigenvalue weighted by Crippen LogP contribution is 2.29. The van der Waals surface area contributed by atoms with Crippen LogP contribution in [0.15, 0.2) is 47.3 Å². The fourth-order valence-corrected chi connectivity index (χ4v) is 2.65. The number of aromatic nitrogens is 2. The minimum Gasteiger partial charge on any atom is -0.493 e. The first-order chi connectivity index (χ1) is 14.4. The van der Waals surface area contributed by atoms with Crippen molar-refractivity contribution < 1.29 is 27.8 Å². The van der Waals surface area contributed by atoms with Crippen LogP contribution >= 0.6 is 0 Å². The maximum absolute atomic E-state index is 13.6. The molecule has 0 saturated carbocycles. The summed E-state index contributed by atoms with van der Waals surface area (Å²) < 4.78 is 43.3. The molecule has 3 rings (SSSR count). The number of anilines is 1. The fourth-order valence-electron chi connectivity index (χ4n) is 2.65. The summed E-state index contributed by atoms with van der Waals surface area (Å²) in [4.78, 5) is 25.0. The zero-order valence-electron chi connectivity index (χ0n) is 16.2. The molecule has 0 aliphatic carbocycles. The largest absolute Gasteiger partial charge is 0.493 e. The van der Waals surface area contributed by atoms with Crippen LogP contribution in [0.4, 0.5) is 14.5 Å². The number of methoxy groups -OCH3 is 3. The van der Waals surface area contributed by atoms with Crippen molar-refractivity contribution in [2.24, 2.45) is 0 Å². The second-order valence-corrected chi connectivity index (χ2v) is 5.93. The Kier molecular flexibility index (Phi) is 5.95. The lowest BCUT2D eigenvalue weighted by molar-refractivity contribution is 0.101. The number of hydrogen-bond acceptors (Lipinski definition) is 6. The van der Waals surface area contributed by atoms with E-state index in [9.17, 15) is 18.4 Å². The molecule has 156 valence electrons. The average molecular weight is 417 g/mol. The van der Waals surface area contributed by atoms with Crippen LogP contribution in [0.5, 0.6) is 17.4 Å². The van der Waals surface area contributed by atoms with E-state index in [1.54, 1.807) is 12.1 Å². The summed E-state index contributed by atoms with van der Waals surface area (Å²) in [5.41, 5.74) is -0.807. The molecule has 0 fully saturated rings. The van der Waals surface area contributed by atoms with Gasteiger partial charge in [0.1, 0.15) is 0 Å². The molecular weight excluding hydrogens is 400 g/mol. The lowest BCUT2D eigenvalue weighted by Crippen LogP contribution is -2.26. The van der Waals surface area contributed by atoms with Crippen molar-refractivity contribution in [2.75, 3.05) is 26.6 Å². The SMILES string of the molecule is COc1ccc(NC(=O)c2nn(-c3ccc(F)c(F)c3)c(OC)cc2=O)cc1OC. The summed E-state index contributed by atoms with van der Waals surface area (Å²) in [5, 5.41) is 6.52. The maximum Gasteiger partial charge on any atom is 0.280 e. The highest BCUT2D eigenvalue weighted by Gasteiger charge is 2.19. The molecule has 0 unspecified atom stereocenters. The van der Waals surface area contributed by atoms with Gasteiger partial charge in [-0.3, -0.25) is 9.59 Å². The van der Waals surface area contributed by atoms with E-state index in [0.717, 1.165) is 22.9 Å². The van der Waals surface area contributed by atoms with Crippen molar-refractivity contribution >= 4 is 11.6 Å². The third-order valence-corrected chi connectivity index (χ3v) is 4.11. The molecule has 0 aliphatic heterocycles. The lowest BCUT2D eigenvalue weighted by Gasteiger charge is -2.13. The van der Waals surface area contributed by atoms with E-state index in [2.05, 4.69) is 10.4 Å². The van der Waals surface area contributed by atoms with E-state index in [1.807, 2.05) is 0 Å². The second kappa shape index (κ2) is 8.60. The molecule has 0 bridgehead atoms. The Morgan fingerprint density at radius 2 is 1.67 bits per heavy atom. The summed E-state index contributed by atoms with van der Waals surface area (Å²) in [6.07, 6.45) is 0. The summed E-state index contributed by atoms with van der Waals surface area (Å²) in [6.45, 7) is 0. The van der Waals surface area contributed by atoms with Crippen molar-refractivity contribution in [3.05, 3.63) is 70.0 Å². The van der Waals surface area contributed by atoms with Gasteiger partial charge in [0.05, 0.1) is 33.1 Å². The number of benzene rings is 2. The van der Waals surface area contributed by atoms with Crippen molar-refractivity contribution in [1.82, 2.24) is 9.78 Å². The number of nitrogens with zero attached hydrogens (tertiary/aromatic N) is 2. The Bertz CT molecular complexity index is 1160. The number of halogens is 2. The summed E-state index contributed by atoms with van der Waals surface area (Å²) in [6, 6.07) is 8.66. The molecule has 0 aliphatic rings. The Morgan fingerprint density at radius 1 is 0.933 bits per heavy atom. The van der Waals surface area contributed by atoms with Crippen LogP contribution in [0.3, 0.4) is 0 Å². The van der Waals surface area contributed by atoms with Crippen LogP contribution in [0.2, 0.25) is 0 Å². The topological polar surface area (TPSA) is 91.7 Å². The maximum atomic E-state index is 13.6. The molecule has 1 heterocycles. The predicted molar refractivity (Wildman–Crippen MR) is 104 cm³/mol. The van der Waals surface area contributed by atoms with Gasteiger partial charge >= 0.3 is 0 Å². The molecule has 3 aromatic rings. The molecule has 8 nitrogen and oxygen atoms in total. The molecule has 1 N–H and O–H groups in total. The van der Waals surface area contributed by atoms with Gasteiger partial charge in [-0.25, -0.2) is 13.5 Å². The van der Waals surface area contributed by atoms with E-state index in [1.165, 1.54) is 33.5 Å². The molecule has 1 amide bonds. The number of carbonyl (C=O) groups is 1. The van der Waals surface area contributed by atoms with Gasteiger partial charge in [-0.2, -0.15) is 5.10 Å². The molecule has 2 aromatic carbocycles. The quantitative estimate of drug-likeness (QED) is 0.663. The van der Waals surface area contributed by atoms with Crippen molar-refractivity contribution in [3.8, 4) is 23.1 Å². The third-order valence-electron chi connectivity index (χ3n) is 4.11. The van der Waals surface area contributed by atoms with Gasteiger partial charge in [-0.15, -0.1) is 0 Å². The first-order valence-corrected chi connectivity index (χ1v) is 8.55. The lowest BCUT2D eigenvalue weighted by atomic mass is 10.2. The number of ether oxygens (including phenoxy) is 3. The van der Waals surface area contributed by atoms with Gasteiger partial charge in [-0.05, 0) is 24.3 Å². The fraction of sp³-hybridized carbons (Fsp3) is 0.150. The van der Waals surface area contributed by atoms with E-state index in [0.29, 0.717) is 17.2 Å². The van der Waals surface area contributed by atoms with E-state index < -0.39 is 28.7 Å². The van der Waals surface area contributed by atoms with Crippen LogP contribution < -0.4 is 25.0 Å². The molecule has 30 heavy (non-hydrogen) atoms. The van der Waals surface area contributed by atoms with Crippen molar-refractivity contribution in [1.29, 1.82) is 0 Å². The van der Waals surface area contributed by atoms with Crippen LogP contribution in [0.1, 0.15) is 10.5 Å². The Balaban J connectivity index is 2.00. The number of rotatable bonds is 6. The average Bonchev–Trinajstić information content (AvgIpc) is 2.75. The van der Waals surface area contributed by atoms with Crippen molar-refractivity contribution in [2.45, 2.75) is 0 Å². The van der Waals surface area contributed by atoms with Crippen LogP contribution in [0.25, 0.3) is 5.69 Å². The van der Waals surface area contributed by atoms with E-state index in [-0.39, 0.29) is 11.6 Å². The van der Waals surface area contributed by atoms with Crippen molar-refractivity contribution in [3.63, 3.8) is 0 Å². The van der Waals surface area contributed by atoms with Gasteiger partial charge in [0.25, 0.3) is 5.91 Å². The van der Waals surface area contributed by atoms with Gasteiger partial charge in [0.2, 0.25) is 11.3 Å². The first-order valence-electron chi connectivity index (χ1n) is 8.55. The summed E-state index contributed by atoms with van der Waals surface area (Å²) >= 11 is 0. The molecule has 0 saturated heterocycles. The zero-order valence-corrected chi connectivity index (χ0v) is 16.2. The minimum absolute atomic E-state index is 0.0610. The molecular formula is C20H17F2N3O5. The first kappa shape index (κ1) is 20.8. The van der Waals surface area contributed by atoms with Gasteiger partial charge in [0, 0.05) is 17.8 Å². The number of carbonyl (C=O) groups excluding carboxylic acids is 1. The molecule has 0 atom stereocenters. The van der Waals surface area contributed by atoms with Crippen LogP contribution in [-0.4, -0.2) is 37.0 Å². The van der Waals surface area contributed by atoms with Crippen LogP contribution in [-0.2, 0) is 0 Å². The second-order valence-electron chi connectivity index (χ2n) is 5.93. The van der Waals surface area contributed by atoms with E-state index in [4.69, 9.17) is 14.2 Å². The third kappa shape index (κ3) is 4.07.